The van der Waals surface area contributed by atoms with Crippen molar-refractivity contribution in [1.82, 2.24) is 0 Å². The van der Waals surface area contributed by atoms with Gasteiger partial charge in [0.2, 0.25) is 0 Å². The molecule has 1 aromatic carbocycles. The zero-order valence-corrected chi connectivity index (χ0v) is 9.70. The largest absolute Gasteiger partial charge is 0.0587 e. The van der Waals surface area contributed by atoms with Crippen molar-refractivity contribution in [1.29, 1.82) is 0 Å². The van der Waals surface area contributed by atoms with E-state index in [2.05, 4.69) is 55.8 Å². The van der Waals surface area contributed by atoms with Gasteiger partial charge in [0, 0.05) is 4.47 Å². The van der Waals surface area contributed by atoms with Crippen molar-refractivity contribution in [2.45, 2.75) is 33.6 Å². The molecule has 1 aromatic rings. The third-order valence-electron chi connectivity index (χ3n) is 2.13. The molecule has 66 valence electrons. The summed E-state index contributed by atoms with van der Waals surface area (Å²) in [7, 11) is 0. The second kappa shape index (κ2) is 3.61. The van der Waals surface area contributed by atoms with Crippen LogP contribution in [0.5, 0.6) is 0 Å². The Bertz CT molecular complexity index is 264. The molecule has 0 unspecified atom stereocenters. The Morgan fingerprint density at radius 3 is 1.83 bits per heavy atom. The van der Waals surface area contributed by atoms with Crippen molar-refractivity contribution in [3.05, 3.63) is 33.3 Å². The maximum atomic E-state index is 3.56. The van der Waals surface area contributed by atoms with Gasteiger partial charge in [0.15, 0.2) is 0 Å². The lowest BCUT2D eigenvalue weighted by molar-refractivity contribution is 0.862. The Balaban J connectivity index is 3.21. The molecule has 0 radical (unpaired) electrons. The second-order valence-electron chi connectivity index (χ2n) is 3.62. The molecule has 0 fully saturated rings. The van der Waals surface area contributed by atoms with Gasteiger partial charge < -0.3 is 0 Å². The van der Waals surface area contributed by atoms with Crippen molar-refractivity contribution in [2.75, 3.05) is 0 Å². The molecular weight excluding hydrogens is 212 g/mol. The lowest BCUT2D eigenvalue weighted by atomic mass is 9.99. The average molecular weight is 227 g/mol. The summed E-state index contributed by atoms with van der Waals surface area (Å²) in [5, 5.41) is 0. The number of benzene rings is 1. The van der Waals surface area contributed by atoms with Crippen LogP contribution in [0.1, 0.15) is 36.5 Å². The van der Waals surface area contributed by atoms with Gasteiger partial charge in [-0.2, -0.15) is 0 Å². The summed E-state index contributed by atoms with van der Waals surface area (Å²) in [5.74, 6) is 0.621. The quantitative estimate of drug-likeness (QED) is 0.674. The van der Waals surface area contributed by atoms with Crippen LogP contribution in [0, 0.1) is 13.8 Å². The first-order valence-corrected chi connectivity index (χ1v) is 5.08. The van der Waals surface area contributed by atoms with Gasteiger partial charge >= 0.3 is 0 Å². The molecule has 12 heavy (non-hydrogen) atoms. The SMILES string of the molecule is Cc1cc(C(C)C)cc(C)c1Br. The highest BCUT2D eigenvalue weighted by Crippen LogP contribution is 2.25. The van der Waals surface area contributed by atoms with Gasteiger partial charge in [-0.15, -0.1) is 0 Å². The number of halogens is 1. The fourth-order valence-electron chi connectivity index (χ4n) is 1.31. The molecule has 0 spiro atoms. The molecule has 0 heterocycles. The summed E-state index contributed by atoms with van der Waals surface area (Å²) in [6.45, 7) is 8.73. The first-order valence-electron chi connectivity index (χ1n) is 4.29. The Labute approximate surface area is 83.1 Å². The van der Waals surface area contributed by atoms with E-state index in [1.165, 1.54) is 21.2 Å². The molecule has 0 saturated carbocycles. The molecule has 1 rings (SSSR count). The third-order valence-corrected chi connectivity index (χ3v) is 3.38. The highest BCUT2D eigenvalue weighted by Gasteiger charge is 2.04. The van der Waals surface area contributed by atoms with Gasteiger partial charge in [-0.25, -0.2) is 0 Å². The summed E-state index contributed by atoms with van der Waals surface area (Å²) in [4.78, 5) is 0. The highest BCUT2D eigenvalue weighted by atomic mass is 79.9. The maximum Gasteiger partial charge on any atom is 0.0233 e. The molecule has 1 heteroatoms. The third kappa shape index (κ3) is 1.89. The van der Waals surface area contributed by atoms with Crippen LogP contribution in [0.3, 0.4) is 0 Å². The topological polar surface area (TPSA) is 0 Å². The maximum absolute atomic E-state index is 3.56. The molecule has 0 atom stereocenters. The van der Waals surface area contributed by atoms with Gasteiger partial charge in [-0.1, -0.05) is 41.9 Å². The fraction of sp³-hybridized carbons (Fsp3) is 0.455. The molecule has 0 aliphatic heterocycles. The molecule has 0 nitrogen and oxygen atoms in total. The lowest BCUT2D eigenvalue weighted by Gasteiger charge is -2.10. The van der Waals surface area contributed by atoms with Crippen LogP contribution in [-0.4, -0.2) is 0 Å². The summed E-state index contributed by atoms with van der Waals surface area (Å²) in [6, 6.07) is 4.50. The van der Waals surface area contributed by atoms with Crippen molar-refractivity contribution in [3.8, 4) is 0 Å². The summed E-state index contributed by atoms with van der Waals surface area (Å²) in [5.41, 5.74) is 4.09. The van der Waals surface area contributed by atoms with E-state index in [1.807, 2.05) is 0 Å². The number of aryl methyl sites for hydroxylation is 2. The van der Waals surface area contributed by atoms with Crippen LogP contribution in [0.4, 0.5) is 0 Å². The second-order valence-corrected chi connectivity index (χ2v) is 4.42. The van der Waals surface area contributed by atoms with Crippen molar-refractivity contribution < 1.29 is 0 Å². The van der Waals surface area contributed by atoms with E-state index in [-0.39, 0.29) is 0 Å². The standard InChI is InChI=1S/C11H15Br/c1-7(2)10-5-8(3)11(12)9(4)6-10/h5-7H,1-4H3. The van der Waals surface area contributed by atoms with Gasteiger partial charge in [0.05, 0.1) is 0 Å². The minimum atomic E-state index is 0.621. The zero-order chi connectivity index (χ0) is 9.30. The molecular formula is C11H15Br. The van der Waals surface area contributed by atoms with E-state index >= 15 is 0 Å². The zero-order valence-electron chi connectivity index (χ0n) is 8.11. The summed E-state index contributed by atoms with van der Waals surface area (Å²) >= 11 is 3.56. The highest BCUT2D eigenvalue weighted by molar-refractivity contribution is 9.10. The van der Waals surface area contributed by atoms with E-state index in [0.29, 0.717) is 5.92 Å². The van der Waals surface area contributed by atoms with Gasteiger partial charge in [-0.05, 0) is 36.5 Å². The minimum absolute atomic E-state index is 0.621. The van der Waals surface area contributed by atoms with Crippen molar-refractivity contribution >= 4 is 15.9 Å². The van der Waals surface area contributed by atoms with E-state index in [0.717, 1.165) is 0 Å². The van der Waals surface area contributed by atoms with E-state index in [9.17, 15) is 0 Å². The van der Waals surface area contributed by atoms with Crippen LogP contribution in [-0.2, 0) is 0 Å². The number of rotatable bonds is 1. The van der Waals surface area contributed by atoms with E-state index < -0.39 is 0 Å². The monoisotopic (exact) mass is 226 g/mol. The molecule has 0 bridgehead atoms. The van der Waals surface area contributed by atoms with Gasteiger partial charge in [0.1, 0.15) is 0 Å². The van der Waals surface area contributed by atoms with Crippen molar-refractivity contribution in [2.24, 2.45) is 0 Å². The van der Waals surface area contributed by atoms with Crippen molar-refractivity contribution in [3.63, 3.8) is 0 Å². The predicted molar refractivity (Wildman–Crippen MR) is 57.7 cm³/mol. The average Bonchev–Trinajstić information content (AvgIpc) is 1.99. The van der Waals surface area contributed by atoms with Crippen LogP contribution in [0.25, 0.3) is 0 Å². The smallest absolute Gasteiger partial charge is 0.0233 e. The van der Waals surface area contributed by atoms with Gasteiger partial charge in [0.25, 0.3) is 0 Å². The first-order chi connectivity index (χ1) is 5.52. The van der Waals surface area contributed by atoms with Crippen LogP contribution >= 0.6 is 15.9 Å². The number of hydrogen-bond acceptors (Lipinski definition) is 0. The molecule has 0 aromatic heterocycles. The summed E-state index contributed by atoms with van der Waals surface area (Å²) < 4.78 is 1.24. The van der Waals surface area contributed by atoms with Crippen LogP contribution in [0.15, 0.2) is 16.6 Å². The molecule has 0 N–H and O–H groups in total. The molecule has 0 aliphatic rings. The Morgan fingerprint density at radius 1 is 1.08 bits per heavy atom. The van der Waals surface area contributed by atoms with Gasteiger partial charge in [-0.3, -0.25) is 0 Å². The van der Waals surface area contributed by atoms with E-state index in [4.69, 9.17) is 0 Å². The number of hydrogen-bond donors (Lipinski definition) is 0. The Hall–Kier alpha value is -0.300. The summed E-state index contributed by atoms with van der Waals surface area (Å²) in [6.07, 6.45) is 0. The Morgan fingerprint density at radius 2 is 1.50 bits per heavy atom. The van der Waals surface area contributed by atoms with Crippen LogP contribution < -0.4 is 0 Å². The molecule has 0 amide bonds. The van der Waals surface area contributed by atoms with E-state index in [1.54, 1.807) is 0 Å². The minimum Gasteiger partial charge on any atom is -0.0587 e. The Kier molecular flexibility index (Phi) is 2.94. The fourth-order valence-corrected chi connectivity index (χ4v) is 1.54. The molecule has 0 aliphatic carbocycles. The first kappa shape index (κ1) is 9.79. The lowest BCUT2D eigenvalue weighted by Crippen LogP contribution is -1.91. The van der Waals surface area contributed by atoms with Crippen LogP contribution in [0.2, 0.25) is 0 Å². The normalized spacial score (nSPS) is 10.8. The molecule has 0 saturated heterocycles. The predicted octanol–water partition coefficient (Wildman–Crippen LogP) is 4.19.